The highest BCUT2D eigenvalue weighted by atomic mass is 32.2. The van der Waals surface area contributed by atoms with E-state index in [0.29, 0.717) is 16.5 Å². The highest BCUT2D eigenvalue weighted by Gasteiger charge is 2.21. The molecule has 0 saturated carbocycles. The third kappa shape index (κ3) is 6.49. The van der Waals surface area contributed by atoms with Gasteiger partial charge in [-0.2, -0.15) is 5.10 Å². The van der Waals surface area contributed by atoms with Gasteiger partial charge >= 0.3 is 5.97 Å². The minimum absolute atomic E-state index is 0.377. The topological polar surface area (TPSA) is 97.3 Å². The quantitative estimate of drug-likeness (QED) is 0.319. The molecule has 3 aromatic carbocycles. The standard InChI is InChI=1S/C23H21N3O3S/c24-23(30-16-18-7-3-1-4-8-18)26-25-15-17-11-13-20(14-12-17)29-21(22(27)28)19-9-5-2-6-10-19/h1-15,21H,16H2,(H2,24,26)(H,27,28). The second-order valence-corrected chi connectivity index (χ2v) is 7.27. The van der Waals surface area contributed by atoms with E-state index in [2.05, 4.69) is 10.2 Å². The third-order valence-corrected chi connectivity index (χ3v) is 4.91. The lowest BCUT2D eigenvalue weighted by Crippen LogP contribution is -2.18. The molecule has 30 heavy (non-hydrogen) atoms. The number of nitrogens with two attached hydrogens (primary N) is 1. The maximum Gasteiger partial charge on any atom is 0.349 e. The number of aliphatic carboxylic acids is 1. The molecule has 0 amide bonds. The smallest absolute Gasteiger partial charge is 0.349 e. The molecule has 0 aliphatic heterocycles. The van der Waals surface area contributed by atoms with Gasteiger partial charge in [-0.1, -0.05) is 72.4 Å². The van der Waals surface area contributed by atoms with E-state index >= 15 is 0 Å². The van der Waals surface area contributed by atoms with E-state index in [-0.39, 0.29) is 0 Å². The third-order valence-electron chi connectivity index (χ3n) is 4.05. The SMILES string of the molecule is NC(=NN=Cc1ccc(OC(C(=O)O)c2ccccc2)cc1)SCc1ccccc1. The summed E-state index contributed by atoms with van der Waals surface area (Å²) >= 11 is 1.41. The number of carbonyl (C=O) groups is 1. The zero-order valence-electron chi connectivity index (χ0n) is 16.1. The van der Waals surface area contributed by atoms with E-state index in [1.54, 1.807) is 54.7 Å². The van der Waals surface area contributed by atoms with Gasteiger partial charge in [0.25, 0.3) is 0 Å². The van der Waals surface area contributed by atoms with Crippen molar-refractivity contribution in [1.29, 1.82) is 0 Å². The fourth-order valence-corrected chi connectivity index (χ4v) is 3.18. The molecule has 3 aromatic rings. The average molecular weight is 420 g/mol. The molecular weight excluding hydrogens is 398 g/mol. The van der Waals surface area contributed by atoms with Crippen LogP contribution in [0.25, 0.3) is 0 Å². The number of carboxylic acid groups (broad SMARTS) is 1. The van der Waals surface area contributed by atoms with Gasteiger partial charge in [-0.25, -0.2) is 4.79 Å². The van der Waals surface area contributed by atoms with E-state index in [9.17, 15) is 9.90 Å². The zero-order chi connectivity index (χ0) is 21.2. The molecule has 1 unspecified atom stereocenters. The van der Waals surface area contributed by atoms with Crippen LogP contribution >= 0.6 is 11.8 Å². The summed E-state index contributed by atoms with van der Waals surface area (Å²) in [6.45, 7) is 0. The van der Waals surface area contributed by atoms with Crippen molar-refractivity contribution in [3.05, 3.63) is 102 Å². The lowest BCUT2D eigenvalue weighted by molar-refractivity contribution is -0.145. The Morgan fingerprint density at radius 1 is 1.00 bits per heavy atom. The van der Waals surface area contributed by atoms with E-state index in [1.165, 1.54) is 11.8 Å². The molecule has 6 nitrogen and oxygen atoms in total. The van der Waals surface area contributed by atoms with E-state index in [4.69, 9.17) is 10.5 Å². The summed E-state index contributed by atoms with van der Waals surface area (Å²) in [7, 11) is 0. The van der Waals surface area contributed by atoms with Crippen LogP contribution in [0.3, 0.4) is 0 Å². The van der Waals surface area contributed by atoms with E-state index < -0.39 is 12.1 Å². The van der Waals surface area contributed by atoms with Crippen LogP contribution in [-0.4, -0.2) is 22.5 Å². The summed E-state index contributed by atoms with van der Waals surface area (Å²) < 4.78 is 5.64. The van der Waals surface area contributed by atoms with Crippen molar-refractivity contribution < 1.29 is 14.6 Å². The van der Waals surface area contributed by atoms with Crippen molar-refractivity contribution in [3.8, 4) is 5.75 Å². The second-order valence-electron chi connectivity index (χ2n) is 6.27. The van der Waals surface area contributed by atoms with E-state index in [1.807, 2.05) is 36.4 Å². The van der Waals surface area contributed by atoms with Crippen LogP contribution in [0.1, 0.15) is 22.8 Å². The Bertz CT molecular complexity index is 1010. The molecule has 3 rings (SSSR count). The fraction of sp³-hybridized carbons (Fsp3) is 0.0870. The summed E-state index contributed by atoms with van der Waals surface area (Å²) in [5.41, 5.74) is 8.40. The van der Waals surface area contributed by atoms with Crippen molar-refractivity contribution in [2.75, 3.05) is 0 Å². The van der Waals surface area contributed by atoms with Gasteiger partial charge in [-0.15, -0.1) is 5.10 Å². The highest BCUT2D eigenvalue weighted by Crippen LogP contribution is 2.22. The molecule has 0 fully saturated rings. The van der Waals surface area contributed by atoms with Crippen LogP contribution in [0.4, 0.5) is 0 Å². The molecule has 0 radical (unpaired) electrons. The average Bonchev–Trinajstić information content (AvgIpc) is 2.78. The minimum Gasteiger partial charge on any atom is -0.478 e. The predicted molar refractivity (Wildman–Crippen MR) is 121 cm³/mol. The van der Waals surface area contributed by atoms with Gasteiger partial charge in [0, 0.05) is 11.3 Å². The lowest BCUT2D eigenvalue weighted by Gasteiger charge is -2.15. The van der Waals surface area contributed by atoms with Crippen LogP contribution in [0, 0.1) is 0 Å². The first-order chi connectivity index (χ1) is 14.6. The maximum absolute atomic E-state index is 11.5. The second kappa shape index (κ2) is 10.8. The van der Waals surface area contributed by atoms with Gasteiger partial charge in [0.05, 0.1) is 6.21 Å². The number of ether oxygens (including phenoxy) is 1. The van der Waals surface area contributed by atoms with Gasteiger partial charge in [0.2, 0.25) is 6.10 Å². The fourth-order valence-electron chi connectivity index (χ4n) is 2.57. The van der Waals surface area contributed by atoms with E-state index in [0.717, 1.165) is 16.9 Å². The van der Waals surface area contributed by atoms with Crippen molar-refractivity contribution in [1.82, 2.24) is 0 Å². The highest BCUT2D eigenvalue weighted by molar-refractivity contribution is 8.13. The Morgan fingerprint density at radius 2 is 1.63 bits per heavy atom. The summed E-state index contributed by atoms with van der Waals surface area (Å²) in [6, 6.07) is 25.7. The number of benzene rings is 3. The van der Waals surface area contributed by atoms with Crippen LogP contribution in [0.15, 0.2) is 95.1 Å². The molecule has 0 saturated heterocycles. The molecule has 3 N–H and O–H groups in total. The van der Waals surface area contributed by atoms with Crippen molar-refractivity contribution >= 4 is 29.1 Å². The number of hydrogen-bond acceptors (Lipinski definition) is 5. The number of hydrogen-bond donors (Lipinski definition) is 2. The molecule has 0 aliphatic rings. The molecule has 0 aliphatic carbocycles. The Balaban J connectivity index is 1.56. The number of carboxylic acids is 1. The molecule has 152 valence electrons. The lowest BCUT2D eigenvalue weighted by atomic mass is 10.1. The van der Waals surface area contributed by atoms with Crippen molar-refractivity contribution in [2.24, 2.45) is 15.9 Å². The summed E-state index contributed by atoms with van der Waals surface area (Å²) in [4.78, 5) is 11.5. The molecule has 0 spiro atoms. The van der Waals surface area contributed by atoms with Gasteiger partial charge < -0.3 is 15.6 Å². The monoisotopic (exact) mass is 419 g/mol. The number of nitrogens with zero attached hydrogens (tertiary/aromatic N) is 2. The molecule has 1 atom stereocenters. The maximum atomic E-state index is 11.5. The Labute approximate surface area is 179 Å². The summed E-state index contributed by atoms with van der Waals surface area (Å²) in [6.07, 6.45) is 0.503. The molecule has 0 bridgehead atoms. The largest absolute Gasteiger partial charge is 0.478 e. The van der Waals surface area contributed by atoms with Crippen molar-refractivity contribution in [3.63, 3.8) is 0 Å². The van der Waals surface area contributed by atoms with Gasteiger partial charge in [-0.3, -0.25) is 0 Å². The van der Waals surface area contributed by atoms with Crippen LogP contribution in [0.5, 0.6) is 5.75 Å². The summed E-state index contributed by atoms with van der Waals surface area (Å²) in [5, 5.41) is 17.8. The Kier molecular flexibility index (Phi) is 7.63. The molecular formula is C23H21N3O3S. The number of thioether (sulfide) groups is 1. The van der Waals surface area contributed by atoms with Gasteiger partial charge in [0.1, 0.15) is 5.75 Å². The minimum atomic E-state index is -1.07. The number of rotatable bonds is 8. The Hall–Kier alpha value is -3.58. The van der Waals surface area contributed by atoms with Crippen LogP contribution in [-0.2, 0) is 10.5 Å². The summed E-state index contributed by atoms with van der Waals surface area (Å²) in [5.74, 6) is 0.124. The first-order valence-corrected chi connectivity index (χ1v) is 10.2. The normalized spacial score (nSPS) is 12.6. The van der Waals surface area contributed by atoms with Gasteiger partial charge in [0.15, 0.2) is 5.17 Å². The zero-order valence-corrected chi connectivity index (χ0v) is 16.9. The molecule has 0 heterocycles. The van der Waals surface area contributed by atoms with Crippen molar-refractivity contribution in [2.45, 2.75) is 11.9 Å². The molecule has 7 heteroatoms. The van der Waals surface area contributed by atoms with Crippen LogP contribution < -0.4 is 10.5 Å². The van der Waals surface area contributed by atoms with Gasteiger partial charge in [-0.05, 0) is 35.4 Å². The Morgan fingerprint density at radius 3 is 2.27 bits per heavy atom. The predicted octanol–water partition coefficient (Wildman–Crippen LogP) is 4.47. The van der Waals surface area contributed by atoms with Crippen LogP contribution in [0.2, 0.25) is 0 Å². The number of amidine groups is 1. The molecule has 0 aromatic heterocycles. The first-order valence-electron chi connectivity index (χ1n) is 9.19. The first kappa shape index (κ1) is 21.1.